The van der Waals surface area contributed by atoms with E-state index in [1.54, 1.807) is 22.7 Å². The second-order valence-electron chi connectivity index (χ2n) is 5.36. The van der Waals surface area contributed by atoms with Gasteiger partial charge in [-0.3, -0.25) is 9.38 Å². The summed E-state index contributed by atoms with van der Waals surface area (Å²) >= 11 is 0. The normalized spacial score (nSPS) is 14.3. The Morgan fingerprint density at radius 2 is 1.86 bits per heavy atom. The van der Waals surface area contributed by atoms with Crippen LogP contribution in [-0.4, -0.2) is 19.1 Å². The lowest BCUT2D eigenvalue weighted by molar-refractivity contribution is 0.446. The van der Waals surface area contributed by atoms with Crippen molar-refractivity contribution in [3.63, 3.8) is 0 Å². The first-order valence-corrected chi connectivity index (χ1v) is 7.16. The third-order valence-electron chi connectivity index (χ3n) is 4.10. The standard InChI is InChI=1S/C16H15N3O2/c20-15-14-10-17-12-8-4-5-9-13(12)19(14)16(21)18(15)11-6-2-1-3-7-11/h1-3,6-7,10,20H,4-5,8-9H2. The van der Waals surface area contributed by atoms with Crippen molar-refractivity contribution < 1.29 is 5.11 Å². The van der Waals surface area contributed by atoms with Gasteiger partial charge < -0.3 is 5.11 Å². The van der Waals surface area contributed by atoms with E-state index in [1.807, 2.05) is 18.2 Å². The summed E-state index contributed by atoms with van der Waals surface area (Å²) in [5, 5.41) is 10.4. The van der Waals surface area contributed by atoms with Crippen LogP contribution in [0, 0.1) is 0 Å². The molecule has 0 fully saturated rings. The van der Waals surface area contributed by atoms with Crippen LogP contribution in [0.1, 0.15) is 24.2 Å². The van der Waals surface area contributed by atoms with E-state index in [1.165, 1.54) is 4.57 Å². The minimum atomic E-state index is -0.228. The largest absolute Gasteiger partial charge is 0.493 e. The highest BCUT2D eigenvalue weighted by atomic mass is 16.3. The van der Waals surface area contributed by atoms with Crippen LogP contribution in [0.15, 0.2) is 41.3 Å². The molecule has 5 heteroatoms. The molecule has 0 atom stereocenters. The van der Waals surface area contributed by atoms with Crippen LogP contribution in [0.3, 0.4) is 0 Å². The predicted octanol–water partition coefficient (Wildman–Crippen LogP) is 2.07. The minimum Gasteiger partial charge on any atom is -0.493 e. The second-order valence-corrected chi connectivity index (χ2v) is 5.36. The average Bonchev–Trinajstić information content (AvgIpc) is 2.80. The Labute approximate surface area is 121 Å². The van der Waals surface area contributed by atoms with Gasteiger partial charge in [-0.05, 0) is 37.8 Å². The van der Waals surface area contributed by atoms with Crippen LogP contribution in [0.5, 0.6) is 5.88 Å². The van der Waals surface area contributed by atoms with Crippen molar-refractivity contribution in [3.8, 4) is 11.6 Å². The van der Waals surface area contributed by atoms with Crippen LogP contribution in [0.2, 0.25) is 0 Å². The maximum absolute atomic E-state index is 12.8. The third-order valence-corrected chi connectivity index (χ3v) is 4.10. The number of fused-ring (bicyclic) bond motifs is 3. The molecule has 0 saturated heterocycles. The van der Waals surface area contributed by atoms with Gasteiger partial charge in [0.25, 0.3) is 0 Å². The smallest absolute Gasteiger partial charge is 0.340 e. The van der Waals surface area contributed by atoms with Gasteiger partial charge in [0, 0.05) is 5.69 Å². The van der Waals surface area contributed by atoms with E-state index in [2.05, 4.69) is 4.98 Å². The summed E-state index contributed by atoms with van der Waals surface area (Å²) in [6.45, 7) is 0. The number of para-hydroxylation sites is 1. The molecule has 5 nitrogen and oxygen atoms in total. The molecule has 0 spiro atoms. The number of imidazole rings is 1. The highest BCUT2D eigenvalue weighted by Gasteiger charge is 2.21. The van der Waals surface area contributed by atoms with Crippen LogP contribution in [0.25, 0.3) is 11.2 Å². The van der Waals surface area contributed by atoms with E-state index in [0.29, 0.717) is 11.2 Å². The highest BCUT2D eigenvalue weighted by Crippen LogP contribution is 2.25. The highest BCUT2D eigenvalue weighted by molar-refractivity contribution is 5.59. The molecule has 1 aromatic carbocycles. The van der Waals surface area contributed by atoms with Crippen molar-refractivity contribution in [3.05, 3.63) is 58.4 Å². The van der Waals surface area contributed by atoms with Crippen molar-refractivity contribution in [1.82, 2.24) is 14.0 Å². The van der Waals surface area contributed by atoms with E-state index in [4.69, 9.17) is 0 Å². The number of benzene rings is 1. The van der Waals surface area contributed by atoms with Crippen molar-refractivity contribution in [2.45, 2.75) is 25.7 Å². The zero-order valence-electron chi connectivity index (χ0n) is 11.5. The Morgan fingerprint density at radius 3 is 2.67 bits per heavy atom. The van der Waals surface area contributed by atoms with E-state index in [-0.39, 0.29) is 11.6 Å². The van der Waals surface area contributed by atoms with Crippen LogP contribution in [0.4, 0.5) is 0 Å². The molecule has 2 aromatic heterocycles. The molecule has 0 radical (unpaired) electrons. The van der Waals surface area contributed by atoms with Gasteiger partial charge >= 0.3 is 5.69 Å². The summed E-state index contributed by atoms with van der Waals surface area (Å²) in [6, 6.07) is 9.18. The fourth-order valence-corrected chi connectivity index (χ4v) is 3.09. The summed E-state index contributed by atoms with van der Waals surface area (Å²) in [5.74, 6) is -0.0490. The first-order valence-electron chi connectivity index (χ1n) is 7.16. The quantitative estimate of drug-likeness (QED) is 0.743. The molecule has 1 aliphatic carbocycles. The molecule has 0 aliphatic heterocycles. The summed E-state index contributed by atoms with van der Waals surface area (Å²) in [6.07, 6.45) is 5.48. The molecular formula is C16H15N3O2. The zero-order valence-corrected chi connectivity index (χ0v) is 11.5. The molecule has 0 bridgehead atoms. The van der Waals surface area contributed by atoms with Crippen LogP contribution in [-0.2, 0) is 12.8 Å². The second kappa shape index (κ2) is 4.48. The SMILES string of the molecule is O=c1n(-c2ccccc2)c(O)c2cnc3c(n12)CCCC3. The van der Waals surface area contributed by atoms with E-state index in [0.717, 1.165) is 37.1 Å². The van der Waals surface area contributed by atoms with Gasteiger partial charge in [0.05, 0.1) is 17.6 Å². The molecule has 106 valence electrons. The van der Waals surface area contributed by atoms with Gasteiger partial charge in [0.15, 0.2) is 0 Å². The lowest BCUT2D eigenvalue weighted by atomic mass is 10.0. The third kappa shape index (κ3) is 1.70. The molecule has 2 heterocycles. The summed E-state index contributed by atoms with van der Waals surface area (Å²) in [7, 11) is 0. The summed E-state index contributed by atoms with van der Waals surface area (Å²) < 4.78 is 2.95. The van der Waals surface area contributed by atoms with E-state index in [9.17, 15) is 9.90 Å². The van der Waals surface area contributed by atoms with Gasteiger partial charge in [-0.25, -0.2) is 9.36 Å². The Balaban J connectivity index is 2.09. The van der Waals surface area contributed by atoms with Gasteiger partial charge in [-0.15, -0.1) is 0 Å². The van der Waals surface area contributed by atoms with Crippen molar-refractivity contribution in [1.29, 1.82) is 0 Å². The Kier molecular flexibility index (Phi) is 2.60. The molecule has 1 aliphatic rings. The average molecular weight is 281 g/mol. The molecule has 0 unspecified atom stereocenters. The zero-order chi connectivity index (χ0) is 14.4. The number of aromatic nitrogens is 3. The number of aryl methyl sites for hydroxylation is 2. The van der Waals surface area contributed by atoms with Gasteiger partial charge in [0.2, 0.25) is 5.88 Å². The Bertz CT molecular complexity index is 878. The first kappa shape index (κ1) is 12.2. The van der Waals surface area contributed by atoms with Gasteiger partial charge in [-0.1, -0.05) is 18.2 Å². The summed E-state index contributed by atoms with van der Waals surface area (Å²) in [5.41, 5.74) is 2.82. The van der Waals surface area contributed by atoms with E-state index < -0.39 is 0 Å². The fourth-order valence-electron chi connectivity index (χ4n) is 3.09. The number of nitrogens with zero attached hydrogens (tertiary/aromatic N) is 3. The minimum absolute atomic E-state index is 0.0490. The predicted molar refractivity (Wildman–Crippen MR) is 79.1 cm³/mol. The Hall–Kier alpha value is -2.56. The van der Waals surface area contributed by atoms with Crippen molar-refractivity contribution in [2.24, 2.45) is 0 Å². The Morgan fingerprint density at radius 1 is 1.10 bits per heavy atom. The van der Waals surface area contributed by atoms with Gasteiger partial charge in [0.1, 0.15) is 5.52 Å². The maximum Gasteiger partial charge on any atom is 0.340 e. The number of hydrogen-bond donors (Lipinski definition) is 1. The topological polar surface area (TPSA) is 59.5 Å². The monoisotopic (exact) mass is 281 g/mol. The fraction of sp³-hybridized carbons (Fsp3) is 0.250. The molecule has 21 heavy (non-hydrogen) atoms. The molecule has 0 amide bonds. The van der Waals surface area contributed by atoms with Crippen molar-refractivity contribution in [2.75, 3.05) is 0 Å². The molecule has 1 N–H and O–H groups in total. The number of rotatable bonds is 1. The van der Waals surface area contributed by atoms with Crippen molar-refractivity contribution >= 4 is 5.52 Å². The lowest BCUT2D eigenvalue weighted by Gasteiger charge is -2.15. The molecule has 4 rings (SSSR count). The molecule has 3 aromatic rings. The lowest BCUT2D eigenvalue weighted by Crippen LogP contribution is -2.23. The molecular weight excluding hydrogens is 266 g/mol. The first-order chi connectivity index (χ1) is 10.3. The number of aromatic hydroxyl groups is 1. The van der Waals surface area contributed by atoms with Crippen LogP contribution >= 0.6 is 0 Å². The van der Waals surface area contributed by atoms with E-state index >= 15 is 0 Å². The van der Waals surface area contributed by atoms with Crippen LogP contribution < -0.4 is 5.69 Å². The maximum atomic E-state index is 12.8. The summed E-state index contributed by atoms with van der Waals surface area (Å²) in [4.78, 5) is 17.2. The van der Waals surface area contributed by atoms with Gasteiger partial charge in [-0.2, -0.15) is 0 Å². The number of hydrogen-bond acceptors (Lipinski definition) is 3. The molecule has 0 saturated carbocycles.